The summed E-state index contributed by atoms with van der Waals surface area (Å²) < 4.78 is 1.30. The van der Waals surface area contributed by atoms with Gasteiger partial charge in [0.15, 0.2) is 0 Å². The molecule has 0 aliphatic carbocycles. The van der Waals surface area contributed by atoms with Crippen molar-refractivity contribution in [3.8, 4) is 0 Å². The molecule has 2 saturated heterocycles. The lowest BCUT2D eigenvalue weighted by atomic mass is 9.81. The van der Waals surface area contributed by atoms with Crippen LogP contribution in [0.4, 0.5) is 5.69 Å². The molecule has 1 aromatic carbocycles. The minimum Gasteiger partial charge on any atom is -0.365 e. The van der Waals surface area contributed by atoms with Crippen LogP contribution < -0.4 is 10.6 Å². The lowest BCUT2D eigenvalue weighted by molar-refractivity contribution is 0.271. The average Bonchev–Trinajstić information content (AvgIpc) is 2.84. The third-order valence-corrected chi connectivity index (χ3v) is 5.42. The van der Waals surface area contributed by atoms with E-state index in [4.69, 9.17) is 5.73 Å². The summed E-state index contributed by atoms with van der Waals surface area (Å²) in [7, 11) is 0. The molecule has 0 spiro atoms. The summed E-state index contributed by atoms with van der Waals surface area (Å²) in [4.78, 5) is 7.01. The van der Waals surface area contributed by atoms with E-state index < -0.39 is 0 Å². The molecular weight excluding hydrogens is 254 g/mol. The van der Waals surface area contributed by atoms with E-state index in [1.165, 1.54) is 29.6 Å². The highest BCUT2D eigenvalue weighted by Crippen LogP contribution is 2.38. The van der Waals surface area contributed by atoms with E-state index in [9.17, 15) is 0 Å². The van der Waals surface area contributed by atoms with Crippen LogP contribution in [0.25, 0.3) is 10.2 Å². The monoisotopic (exact) mass is 273 g/mol. The molecule has 19 heavy (non-hydrogen) atoms. The Kier molecular flexibility index (Phi) is 2.74. The molecule has 2 aliphatic rings. The summed E-state index contributed by atoms with van der Waals surface area (Å²) in [6.07, 6.45) is 6.26. The maximum Gasteiger partial charge on any atom is 0.0813 e. The van der Waals surface area contributed by atoms with E-state index >= 15 is 0 Å². The third-order valence-electron chi connectivity index (χ3n) is 4.62. The fourth-order valence-electron chi connectivity index (χ4n) is 3.85. The zero-order valence-electron chi connectivity index (χ0n) is 11.0. The number of rotatable bonds is 1. The third kappa shape index (κ3) is 1.94. The Morgan fingerprint density at radius 1 is 1.21 bits per heavy atom. The largest absolute Gasteiger partial charge is 0.365 e. The van der Waals surface area contributed by atoms with Gasteiger partial charge >= 0.3 is 0 Å². The molecule has 0 radical (unpaired) electrons. The van der Waals surface area contributed by atoms with E-state index in [2.05, 4.69) is 28.1 Å². The van der Waals surface area contributed by atoms with Gasteiger partial charge < -0.3 is 10.6 Å². The van der Waals surface area contributed by atoms with Crippen molar-refractivity contribution in [2.45, 2.75) is 50.2 Å². The molecule has 100 valence electrons. The molecule has 3 nitrogen and oxygen atoms in total. The Labute approximate surface area is 117 Å². The quantitative estimate of drug-likeness (QED) is 0.868. The van der Waals surface area contributed by atoms with Crippen molar-refractivity contribution < 1.29 is 0 Å². The summed E-state index contributed by atoms with van der Waals surface area (Å²) in [5.74, 6) is 0. The SMILES string of the molecule is NC1CC2CCCC(C1)N2c1ccc2ncsc2c1. The van der Waals surface area contributed by atoms with Crippen molar-refractivity contribution in [2.24, 2.45) is 5.73 Å². The Morgan fingerprint density at radius 3 is 2.79 bits per heavy atom. The number of piperidine rings is 2. The number of hydrogen-bond acceptors (Lipinski definition) is 4. The Balaban J connectivity index is 1.73. The summed E-state index contributed by atoms with van der Waals surface area (Å²) in [5, 5.41) is 0. The van der Waals surface area contributed by atoms with Gasteiger partial charge in [-0.05, 0) is 50.3 Å². The van der Waals surface area contributed by atoms with E-state index in [1.807, 2.05) is 5.51 Å². The minimum atomic E-state index is 0.402. The molecule has 0 saturated carbocycles. The first-order valence-electron chi connectivity index (χ1n) is 7.18. The summed E-state index contributed by atoms with van der Waals surface area (Å²) in [6.45, 7) is 0. The molecule has 2 unspecified atom stereocenters. The molecule has 2 aromatic rings. The normalized spacial score (nSPS) is 30.8. The fourth-order valence-corrected chi connectivity index (χ4v) is 4.56. The van der Waals surface area contributed by atoms with Crippen molar-refractivity contribution in [3.05, 3.63) is 23.7 Å². The van der Waals surface area contributed by atoms with Crippen molar-refractivity contribution in [1.82, 2.24) is 4.98 Å². The molecule has 2 aliphatic heterocycles. The predicted octanol–water partition coefficient (Wildman–Crippen LogP) is 3.14. The maximum atomic E-state index is 6.20. The van der Waals surface area contributed by atoms with Gasteiger partial charge in [-0.15, -0.1) is 11.3 Å². The fraction of sp³-hybridized carbons (Fsp3) is 0.533. The van der Waals surface area contributed by atoms with E-state index in [-0.39, 0.29) is 0 Å². The van der Waals surface area contributed by atoms with Gasteiger partial charge in [0.05, 0.1) is 15.7 Å². The second-order valence-corrected chi connectivity index (χ2v) is 6.77. The predicted molar refractivity (Wildman–Crippen MR) is 80.7 cm³/mol. The number of thiazole rings is 1. The van der Waals surface area contributed by atoms with E-state index in [0.717, 1.165) is 18.4 Å². The zero-order valence-corrected chi connectivity index (χ0v) is 11.8. The number of benzene rings is 1. The van der Waals surface area contributed by atoms with Crippen LogP contribution in [0.3, 0.4) is 0 Å². The molecule has 0 amide bonds. The van der Waals surface area contributed by atoms with Gasteiger partial charge in [-0.1, -0.05) is 0 Å². The van der Waals surface area contributed by atoms with Crippen LogP contribution >= 0.6 is 11.3 Å². The molecule has 4 heteroatoms. The van der Waals surface area contributed by atoms with Gasteiger partial charge in [0.1, 0.15) is 0 Å². The van der Waals surface area contributed by atoms with Crippen molar-refractivity contribution >= 4 is 27.2 Å². The maximum absolute atomic E-state index is 6.20. The van der Waals surface area contributed by atoms with Crippen LogP contribution in [0.1, 0.15) is 32.1 Å². The topological polar surface area (TPSA) is 42.1 Å². The van der Waals surface area contributed by atoms with Crippen LogP contribution in [0.2, 0.25) is 0 Å². The summed E-state index contributed by atoms with van der Waals surface area (Å²) in [5.41, 5.74) is 10.6. The van der Waals surface area contributed by atoms with Crippen LogP contribution in [-0.4, -0.2) is 23.1 Å². The van der Waals surface area contributed by atoms with Crippen LogP contribution in [0, 0.1) is 0 Å². The van der Waals surface area contributed by atoms with Crippen LogP contribution in [0.15, 0.2) is 23.7 Å². The van der Waals surface area contributed by atoms with Gasteiger partial charge in [0.25, 0.3) is 0 Å². The Hall–Kier alpha value is -1.13. The van der Waals surface area contributed by atoms with Gasteiger partial charge in [-0.2, -0.15) is 0 Å². The molecular formula is C15H19N3S. The molecule has 2 fully saturated rings. The van der Waals surface area contributed by atoms with Crippen LogP contribution in [0.5, 0.6) is 0 Å². The molecule has 2 atom stereocenters. The van der Waals surface area contributed by atoms with Gasteiger partial charge in [-0.3, -0.25) is 0 Å². The highest BCUT2D eigenvalue weighted by atomic mass is 32.1. The lowest BCUT2D eigenvalue weighted by Gasteiger charge is -2.49. The number of hydrogen-bond donors (Lipinski definition) is 1. The standard InChI is InChI=1S/C15H19N3S/c16-10-6-11-2-1-3-12(7-10)18(11)13-4-5-14-15(8-13)19-9-17-14/h4-5,8-12H,1-3,6-7,16H2. The lowest BCUT2D eigenvalue weighted by Crippen LogP contribution is -2.55. The van der Waals surface area contributed by atoms with Gasteiger partial charge in [0, 0.05) is 23.8 Å². The van der Waals surface area contributed by atoms with Crippen LogP contribution in [-0.2, 0) is 0 Å². The molecule has 2 N–H and O–H groups in total. The van der Waals surface area contributed by atoms with Crippen molar-refractivity contribution in [1.29, 1.82) is 0 Å². The molecule has 3 heterocycles. The highest BCUT2D eigenvalue weighted by Gasteiger charge is 2.37. The number of anilines is 1. The first kappa shape index (κ1) is 11.7. The molecule has 1 aromatic heterocycles. The average molecular weight is 273 g/mol. The second kappa shape index (κ2) is 4.46. The zero-order chi connectivity index (χ0) is 12.8. The van der Waals surface area contributed by atoms with Crippen molar-refractivity contribution in [2.75, 3.05) is 4.90 Å². The van der Waals surface area contributed by atoms with E-state index in [1.54, 1.807) is 11.3 Å². The van der Waals surface area contributed by atoms with Gasteiger partial charge in [0.2, 0.25) is 0 Å². The number of fused-ring (bicyclic) bond motifs is 3. The first-order valence-corrected chi connectivity index (χ1v) is 8.06. The number of nitrogens with two attached hydrogens (primary N) is 1. The Bertz CT molecular complexity index is 580. The molecule has 2 bridgehead atoms. The Morgan fingerprint density at radius 2 is 2.00 bits per heavy atom. The van der Waals surface area contributed by atoms with Gasteiger partial charge in [-0.25, -0.2) is 4.98 Å². The number of aromatic nitrogens is 1. The first-order chi connectivity index (χ1) is 9.31. The smallest absolute Gasteiger partial charge is 0.0813 e. The highest BCUT2D eigenvalue weighted by molar-refractivity contribution is 7.16. The molecule has 4 rings (SSSR count). The van der Waals surface area contributed by atoms with Crippen molar-refractivity contribution in [3.63, 3.8) is 0 Å². The summed E-state index contributed by atoms with van der Waals surface area (Å²) >= 11 is 1.73. The minimum absolute atomic E-state index is 0.402. The second-order valence-electron chi connectivity index (χ2n) is 5.88. The number of nitrogens with zero attached hydrogens (tertiary/aromatic N) is 2. The van der Waals surface area contributed by atoms with E-state index in [0.29, 0.717) is 18.1 Å². The summed E-state index contributed by atoms with van der Waals surface area (Å²) in [6, 6.07) is 8.41.